The molecule has 1 N–H and O–H groups in total. The summed E-state index contributed by atoms with van der Waals surface area (Å²) in [4.78, 5) is 0. The Morgan fingerprint density at radius 1 is 1.17 bits per heavy atom. The fourth-order valence-corrected chi connectivity index (χ4v) is 3.21. The lowest BCUT2D eigenvalue weighted by atomic mass is 9.75. The Hall–Kier alpha value is -0.0900. The molecule has 2 heteroatoms. The summed E-state index contributed by atoms with van der Waals surface area (Å²) in [6.45, 7) is 5.87. The summed E-state index contributed by atoms with van der Waals surface area (Å²) in [5, 5.41) is 3.73. The van der Waals surface area contributed by atoms with Crippen molar-refractivity contribution in [1.82, 2.24) is 5.32 Å². The molecule has 0 aromatic heterocycles. The van der Waals surface area contributed by atoms with Gasteiger partial charge in [0.1, 0.15) is 0 Å². The van der Waals surface area contributed by atoms with Gasteiger partial charge in [0, 0.05) is 16.2 Å². The standard InChI is InChI=1S/C16H24IN/c1-13(14-6-8-15(17)9-7-14)18-12-16(2)10-4-3-5-11-16/h6-9,13,18H,3-5,10-12H2,1-2H3. The molecule has 0 amide bonds. The van der Waals surface area contributed by atoms with Crippen LogP contribution in [0.15, 0.2) is 24.3 Å². The first-order chi connectivity index (χ1) is 8.59. The molecular formula is C16H24IN. The van der Waals surface area contributed by atoms with E-state index in [1.54, 1.807) is 0 Å². The van der Waals surface area contributed by atoms with Crippen molar-refractivity contribution >= 4 is 22.6 Å². The average molecular weight is 357 g/mol. The predicted molar refractivity (Wildman–Crippen MR) is 86.8 cm³/mol. The van der Waals surface area contributed by atoms with E-state index in [-0.39, 0.29) is 0 Å². The van der Waals surface area contributed by atoms with Gasteiger partial charge in [0.2, 0.25) is 0 Å². The first kappa shape index (κ1) is 14.3. The Balaban J connectivity index is 1.87. The van der Waals surface area contributed by atoms with Crippen molar-refractivity contribution < 1.29 is 0 Å². The van der Waals surface area contributed by atoms with Crippen molar-refractivity contribution in [2.75, 3.05) is 6.54 Å². The molecule has 0 saturated heterocycles. The topological polar surface area (TPSA) is 12.0 Å². The maximum Gasteiger partial charge on any atom is 0.0292 e. The van der Waals surface area contributed by atoms with Crippen molar-refractivity contribution in [3.05, 3.63) is 33.4 Å². The summed E-state index contributed by atoms with van der Waals surface area (Å²) in [5.74, 6) is 0. The Morgan fingerprint density at radius 2 is 1.78 bits per heavy atom. The summed E-state index contributed by atoms with van der Waals surface area (Å²) in [5.41, 5.74) is 1.92. The number of hydrogen-bond acceptors (Lipinski definition) is 1. The van der Waals surface area contributed by atoms with E-state index in [4.69, 9.17) is 0 Å². The Morgan fingerprint density at radius 3 is 2.39 bits per heavy atom. The van der Waals surface area contributed by atoms with Crippen molar-refractivity contribution in [2.24, 2.45) is 5.41 Å². The van der Waals surface area contributed by atoms with Crippen LogP contribution in [-0.4, -0.2) is 6.54 Å². The maximum atomic E-state index is 3.73. The van der Waals surface area contributed by atoms with E-state index in [2.05, 4.69) is 66.0 Å². The average Bonchev–Trinajstić information content (AvgIpc) is 2.38. The molecule has 1 aliphatic carbocycles. The molecule has 1 atom stereocenters. The Bertz CT molecular complexity index is 365. The van der Waals surface area contributed by atoms with E-state index < -0.39 is 0 Å². The van der Waals surface area contributed by atoms with Crippen molar-refractivity contribution in [3.8, 4) is 0 Å². The summed E-state index contributed by atoms with van der Waals surface area (Å²) >= 11 is 2.36. The highest BCUT2D eigenvalue weighted by Crippen LogP contribution is 2.35. The minimum absolute atomic E-state index is 0.459. The third-order valence-electron chi connectivity index (χ3n) is 4.27. The van der Waals surface area contributed by atoms with Crippen LogP contribution in [0.4, 0.5) is 0 Å². The van der Waals surface area contributed by atoms with Gasteiger partial charge in [-0.2, -0.15) is 0 Å². The quantitative estimate of drug-likeness (QED) is 0.755. The van der Waals surface area contributed by atoms with Crippen LogP contribution in [0, 0.1) is 8.99 Å². The van der Waals surface area contributed by atoms with Crippen LogP contribution in [0.5, 0.6) is 0 Å². The fraction of sp³-hybridized carbons (Fsp3) is 0.625. The first-order valence-electron chi connectivity index (χ1n) is 7.08. The van der Waals surface area contributed by atoms with E-state index in [9.17, 15) is 0 Å². The number of halogens is 1. The van der Waals surface area contributed by atoms with Gasteiger partial charge >= 0.3 is 0 Å². The highest BCUT2D eigenvalue weighted by molar-refractivity contribution is 14.1. The number of hydrogen-bond donors (Lipinski definition) is 1. The number of nitrogens with one attached hydrogen (secondary N) is 1. The lowest BCUT2D eigenvalue weighted by Crippen LogP contribution is -2.34. The summed E-state index contributed by atoms with van der Waals surface area (Å²) < 4.78 is 1.31. The molecule has 1 aliphatic rings. The SMILES string of the molecule is CC(NCC1(C)CCCCC1)c1ccc(I)cc1. The monoisotopic (exact) mass is 357 g/mol. The van der Waals surface area contributed by atoms with Crippen molar-refractivity contribution in [3.63, 3.8) is 0 Å². The van der Waals surface area contributed by atoms with Crippen molar-refractivity contribution in [1.29, 1.82) is 0 Å². The van der Waals surface area contributed by atoms with Gasteiger partial charge in [-0.05, 0) is 65.5 Å². The second-order valence-electron chi connectivity index (χ2n) is 6.03. The van der Waals surface area contributed by atoms with Crippen molar-refractivity contribution in [2.45, 2.75) is 52.0 Å². The van der Waals surface area contributed by atoms with E-state index in [1.165, 1.54) is 41.2 Å². The van der Waals surface area contributed by atoms with Gasteiger partial charge < -0.3 is 5.32 Å². The zero-order chi connectivity index (χ0) is 13.0. The number of benzene rings is 1. The third kappa shape index (κ3) is 3.95. The maximum absolute atomic E-state index is 3.73. The lowest BCUT2D eigenvalue weighted by molar-refractivity contribution is 0.202. The highest BCUT2D eigenvalue weighted by Gasteiger charge is 2.26. The second-order valence-corrected chi connectivity index (χ2v) is 7.27. The molecule has 0 heterocycles. The molecular weight excluding hydrogens is 333 g/mol. The molecule has 1 nitrogen and oxygen atoms in total. The van der Waals surface area contributed by atoms with Crippen LogP contribution in [0.25, 0.3) is 0 Å². The van der Waals surface area contributed by atoms with Crippen LogP contribution >= 0.6 is 22.6 Å². The molecule has 0 aliphatic heterocycles. The van der Waals surface area contributed by atoms with Crippen LogP contribution in [0.1, 0.15) is 57.6 Å². The molecule has 1 fully saturated rings. The molecule has 0 bridgehead atoms. The molecule has 100 valence electrons. The molecule has 18 heavy (non-hydrogen) atoms. The molecule has 0 radical (unpaired) electrons. The van der Waals surface area contributed by atoms with Crippen LogP contribution in [0.2, 0.25) is 0 Å². The molecule has 2 rings (SSSR count). The van der Waals surface area contributed by atoms with E-state index in [0.29, 0.717) is 11.5 Å². The van der Waals surface area contributed by atoms with E-state index in [0.717, 1.165) is 6.54 Å². The highest BCUT2D eigenvalue weighted by atomic mass is 127. The van der Waals surface area contributed by atoms with E-state index in [1.807, 2.05) is 0 Å². The predicted octanol–water partition coefficient (Wildman–Crippen LogP) is 4.91. The molecule has 1 aromatic carbocycles. The van der Waals surface area contributed by atoms with Gasteiger partial charge in [-0.1, -0.05) is 38.3 Å². The normalized spacial score (nSPS) is 20.6. The fourth-order valence-electron chi connectivity index (χ4n) is 2.85. The van der Waals surface area contributed by atoms with Crippen LogP contribution in [-0.2, 0) is 0 Å². The van der Waals surface area contributed by atoms with Gasteiger partial charge in [0.25, 0.3) is 0 Å². The third-order valence-corrected chi connectivity index (χ3v) is 4.98. The molecule has 1 unspecified atom stereocenters. The minimum atomic E-state index is 0.459. The van der Waals surface area contributed by atoms with Gasteiger partial charge in [0.05, 0.1) is 0 Å². The zero-order valence-corrected chi connectivity index (χ0v) is 13.7. The van der Waals surface area contributed by atoms with Crippen LogP contribution in [0.3, 0.4) is 0 Å². The Kier molecular flexibility index (Phi) is 5.07. The van der Waals surface area contributed by atoms with Crippen LogP contribution < -0.4 is 5.32 Å². The van der Waals surface area contributed by atoms with E-state index >= 15 is 0 Å². The minimum Gasteiger partial charge on any atom is -0.310 e. The summed E-state index contributed by atoms with van der Waals surface area (Å²) in [7, 11) is 0. The molecule has 1 saturated carbocycles. The lowest BCUT2D eigenvalue weighted by Gasteiger charge is -2.35. The molecule has 1 aromatic rings. The summed E-state index contributed by atoms with van der Waals surface area (Å²) in [6, 6.07) is 9.32. The zero-order valence-electron chi connectivity index (χ0n) is 11.5. The number of rotatable bonds is 4. The summed E-state index contributed by atoms with van der Waals surface area (Å²) in [6.07, 6.45) is 7.03. The van der Waals surface area contributed by atoms with Gasteiger partial charge in [0.15, 0.2) is 0 Å². The Labute approximate surface area is 125 Å². The van der Waals surface area contributed by atoms with Gasteiger partial charge in [-0.3, -0.25) is 0 Å². The smallest absolute Gasteiger partial charge is 0.0292 e. The molecule has 0 spiro atoms. The van der Waals surface area contributed by atoms with Gasteiger partial charge in [-0.15, -0.1) is 0 Å². The second kappa shape index (κ2) is 6.38. The van der Waals surface area contributed by atoms with Gasteiger partial charge in [-0.25, -0.2) is 0 Å². The first-order valence-corrected chi connectivity index (χ1v) is 8.16. The largest absolute Gasteiger partial charge is 0.310 e.